The van der Waals surface area contributed by atoms with E-state index in [4.69, 9.17) is 5.73 Å². The smallest absolute Gasteiger partial charge is 0.312 e. The van der Waals surface area contributed by atoms with Crippen LogP contribution in [0.15, 0.2) is 48.5 Å². The first kappa shape index (κ1) is 16.5. The second kappa shape index (κ2) is 7.40. The Morgan fingerprint density at radius 2 is 1.61 bits per heavy atom. The minimum atomic E-state index is -0.593. The Balaban J connectivity index is 1.98. The molecule has 2 rings (SSSR count). The number of carbonyl (C=O) groups excluding carboxylic acids is 2. The summed E-state index contributed by atoms with van der Waals surface area (Å²) in [5.41, 5.74) is 7.25. The molecule has 2 aromatic rings. The zero-order valence-electron chi connectivity index (χ0n) is 12.8. The van der Waals surface area contributed by atoms with Gasteiger partial charge in [0, 0.05) is 25.7 Å². The molecule has 2 aromatic carbocycles. The molecule has 0 unspecified atom stereocenters. The second-order valence-electron chi connectivity index (χ2n) is 5.20. The normalized spacial score (nSPS) is 10.2. The summed E-state index contributed by atoms with van der Waals surface area (Å²) in [5.74, 6) is -0.438. The first-order valence-corrected chi connectivity index (χ1v) is 7.08. The second-order valence-corrected chi connectivity index (χ2v) is 5.20. The van der Waals surface area contributed by atoms with Gasteiger partial charge in [0.15, 0.2) is 0 Å². The van der Waals surface area contributed by atoms with Crippen molar-refractivity contribution in [2.75, 3.05) is 7.05 Å². The van der Waals surface area contributed by atoms with Gasteiger partial charge in [-0.3, -0.25) is 4.79 Å². The third kappa shape index (κ3) is 4.81. The number of amides is 3. The van der Waals surface area contributed by atoms with Crippen LogP contribution in [0.5, 0.6) is 0 Å². The van der Waals surface area contributed by atoms with Gasteiger partial charge in [0.2, 0.25) is 0 Å². The van der Waals surface area contributed by atoms with Crippen LogP contribution in [0.1, 0.15) is 21.5 Å². The molecule has 0 saturated carbocycles. The van der Waals surface area contributed by atoms with Crippen molar-refractivity contribution >= 4 is 11.9 Å². The van der Waals surface area contributed by atoms with E-state index in [0.717, 1.165) is 11.1 Å². The Hall–Kier alpha value is -2.89. The first-order chi connectivity index (χ1) is 11.0. The maximum atomic E-state index is 12.9. The average Bonchev–Trinajstić information content (AvgIpc) is 2.55. The summed E-state index contributed by atoms with van der Waals surface area (Å²) in [6, 6.07) is 12.4. The molecule has 3 N–H and O–H groups in total. The van der Waals surface area contributed by atoms with Crippen molar-refractivity contribution in [3.05, 3.63) is 71.0 Å². The average molecular weight is 315 g/mol. The van der Waals surface area contributed by atoms with Gasteiger partial charge in [0.05, 0.1) is 0 Å². The van der Waals surface area contributed by atoms with Gasteiger partial charge in [-0.2, -0.15) is 0 Å². The number of carbonyl (C=O) groups is 2. The molecule has 0 bridgehead atoms. The highest BCUT2D eigenvalue weighted by Crippen LogP contribution is 2.11. The summed E-state index contributed by atoms with van der Waals surface area (Å²) in [6.07, 6.45) is 0. The summed E-state index contributed by atoms with van der Waals surface area (Å²) in [5, 5.41) is 2.48. The molecule has 5 nitrogen and oxygen atoms in total. The number of rotatable bonds is 5. The molecule has 0 spiro atoms. The van der Waals surface area contributed by atoms with Crippen LogP contribution in [0, 0.1) is 5.82 Å². The molecule has 23 heavy (non-hydrogen) atoms. The zero-order valence-corrected chi connectivity index (χ0v) is 12.8. The Bertz CT molecular complexity index is 684. The largest absolute Gasteiger partial charge is 0.352 e. The topological polar surface area (TPSA) is 75.4 Å². The lowest BCUT2D eigenvalue weighted by Gasteiger charge is -2.17. The fourth-order valence-corrected chi connectivity index (χ4v) is 2.11. The molecule has 3 amide bonds. The maximum Gasteiger partial charge on any atom is 0.312 e. The molecule has 0 saturated heterocycles. The van der Waals surface area contributed by atoms with Crippen LogP contribution in [0.2, 0.25) is 0 Å². The number of nitrogens with two attached hydrogens (primary N) is 1. The lowest BCUT2D eigenvalue weighted by atomic mass is 10.1. The third-order valence-electron chi connectivity index (χ3n) is 3.35. The summed E-state index contributed by atoms with van der Waals surface area (Å²) in [6.45, 7) is 0.708. The minimum Gasteiger partial charge on any atom is -0.352 e. The van der Waals surface area contributed by atoms with Crippen molar-refractivity contribution < 1.29 is 14.0 Å². The number of hydrogen-bond acceptors (Lipinski definition) is 2. The van der Waals surface area contributed by atoms with Gasteiger partial charge in [0.1, 0.15) is 5.82 Å². The lowest BCUT2D eigenvalue weighted by molar-refractivity contribution is 0.0785. The van der Waals surface area contributed by atoms with Crippen LogP contribution in [0.25, 0.3) is 0 Å². The SMILES string of the molecule is CN(Cc1ccc(F)cc1)C(=O)c1ccc(CNC(N)=O)cc1. The van der Waals surface area contributed by atoms with E-state index >= 15 is 0 Å². The van der Waals surface area contributed by atoms with Crippen molar-refractivity contribution in [1.82, 2.24) is 10.2 Å². The van der Waals surface area contributed by atoms with Gasteiger partial charge < -0.3 is 16.0 Å². The van der Waals surface area contributed by atoms with E-state index in [1.807, 2.05) is 0 Å². The Morgan fingerprint density at radius 1 is 1.04 bits per heavy atom. The highest BCUT2D eigenvalue weighted by molar-refractivity contribution is 5.94. The number of halogens is 1. The van der Waals surface area contributed by atoms with E-state index in [0.29, 0.717) is 18.7 Å². The van der Waals surface area contributed by atoms with Crippen LogP contribution < -0.4 is 11.1 Å². The van der Waals surface area contributed by atoms with E-state index in [1.54, 1.807) is 48.3 Å². The molecule has 0 aliphatic rings. The van der Waals surface area contributed by atoms with Crippen LogP contribution in [-0.4, -0.2) is 23.9 Å². The van der Waals surface area contributed by atoms with Gasteiger partial charge in [0.25, 0.3) is 5.91 Å². The number of nitrogens with zero attached hydrogens (tertiary/aromatic N) is 1. The summed E-state index contributed by atoms with van der Waals surface area (Å²) in [4.78, 5) is 24.6. The zero-order chi connectivity index (χ0) is 16.8. The van der Waals surface area contributed by atoms with E-state index in [-0.39, 0.29) is 11.7 Å². The summed E-state index contributed by atoms with van der Waals surface area (Å²) in [7, 11) is 1.69. The molecular formula is C17H18FN3O2. The molecule has 0 atom stereocenters. The predicted molar refractivity (Wildman–Crippen MR) is 85.1 cm³/mol. The highest BCUT2D eigenvalue weighted by Gasteiger charge is 2.12. The molecule has 0 radical (unpaired) electrons. The summed E-state index contributed by atoms with van der Waals surface area (Å²) < 4.78 is 12.9. The molecule has 6 heteroatoms. The van der Waals surface area contributed by atoms with Crippen molar-refractivity contribution in [3.63, 3.8) is 0 Å². The van der Waals surface area contributed by atoms with Crippen LogP contribution >= 0.6 is 0 Å². The van der Waals surface area contributed by atoms with Gasteiger partial charge >= 0.3 is 6.03 Å². The van der Waals surface area contributed by atoms with E-state index < -0.39 is 6.03 Å². The van der Waals surface area contributed by atoms with Gasteiger partial charge in [-0.15, -0.1) is 0 Å². The van der Waals surface area contributed by atoms with Crippen LogP contribution in [0.3, 0.4) is 0 Å². The fraction of sp³-hybridized carbons (Fsp3) is 0.176. The lowest BCUT2D eigenvalue weighted by Crippen LogP contribution is -2.28. The fourth-order valence-electron chi connectivity index (χ4n) is 2.11. The maximum absolute atomic E-state index is 12.9. The van der Waals surface area contributed by atoms with Crippen molar-refractivity contribution in [2.45, 2.75) is 13.1 Å². The highest BCUT2D eigenvalue weighted by atomic mass is 19.1. The number of primary amides is 1. The molecule has 0 aliphatic heterocycles. The minimum absolute atomic E-state index is 0.135. The molecule has 0 aliphatic carbocycles. The van der Waals surface area contributed by atoms with Gasteiger partial charge in [-0.25, -0.2) is 9.18 Å². The molecule has 0 heterocycles. The Morgan fingerprint density at radius 3 is 2.17 bits per heavy atom. The third-order valence-corrected chi connectivity index (χ3v) is 3.35. The number of nitrogens with one attached hydrogen (secondary N) is 1. The predicted octanol–water partition coefficient (Wildman–Crippen LogP) is 2.27. The summed E-state index contributed by atoms with van der Waals surface area (Å²) >= 11 is 0. The standard InChI is InChI=1S/C17H18FN3O2/c1-21(11-13-4-8-15(18)9-5-13)16(22)14-6-2-12(3-7-14)10-20-17(19)23/h2-9H,10-11H2,1H3,(H3,19,20,23). The Labute approximate surface area is 133 Å². The molecular weight excluding hydrogens is 297 g/mol. The Kier molecular flexibility index (Phi) is 5.30. The first-order valence-electron chi connectivity index (χ1n) is 7.08. The van der Waals surface area contributed by atoms with Crippen LogP contribution in [0.4, 0.5) is 9.18 Å². The molecule has 0 fully saturated rings. The monoisotopic (exact) mass is 315 g/mol. The molecule has 120 valence electrons. The van der Waals surface area contributed by atoms with Crippen LogP contribution in [-0.2, 0) is 13.1 Å². The van der Waals surface area contributed by atoms with Gasteiger partial charge in [-0.1, -0.05) is 24.3 Å². The number of urea groups is 1. The quantitative estimate of drug-likeness (QED) is 0.888. The van der Waals surface area contributed by atoms with Gasteiger partial charge in [-0.05, 0) is 35.4 Å². The van der Waals surface area contributed by atoms with E-state index in [1.165, 1.54) is 12.1 Å². The van der Waals surface area contributed by atoms with Crippen molar-refractivity contribution in [1.29, 1.82) is 0 Å². The number of benzene rings is 2. The molecule has 0 aromatic heterocycles. The van der Waals surface area contributed by atoms with E-state index in [2.05, 4.69) is 5.32 Å². The van der Waals surface area contributed by atoms with E-state index in [9.17, 15) is 14.0 Å². The van der Waals surface area contributed by atoms with Crippen molar-refractivity contribution in [3.8, 4) is 0 Å². The van der Waals surface area contributed by atoms with Crippen molar-refractivity contribution in [2.24, 2.45) is 5.73 Å². The number of hydrogen-bond donors (Lipinski definition) is 2.